The van der Waals surface area contributed by atoms with E-state index in [0.717, 1.165) is 31.7 Å². The third-order valence-corrected chi connectivity index (χ3v) is 6.72. The molecule has 0 aromatic heterocycles. The zero-order chi connectivity index (χ0) is 18.6. The van der Waals surface area contributed by atoms with Gasteiger partial charge in [0.1, 0.15) is 0 Å². The summed E-state index contributed by atoms with van der Waals surface area (Å²) in [6, 6.07) is 6.64. The van der Waals surface area contributed by atoms with Gasteiger partial charge in [0.2, 0.25) is 10.0 Å². The third kappa shape index (κ3) is 5.49. The number of hydrogen-bond donors (Lipinski definition) is 1. The number of hydrogen-bond acceptors (Lipinski definition) is 5. The Morgan fingerprint density at radius 1 is 1.12 bits per heavy atom. The van der Waals surface area contributed by atoms with E-state index < -0.39 is 16.1 Å². The molecule has 1 fully saturated rings. The maximum atomic E-state index is 13.0. The molecule has 0 aliphatic carbocycles. The summed E-state index contributed by atoms with van der Waals surface area (Å²) >= 11 is 0. The van der Waals surface area contributed by atoms with Gasteiger partial charge >= 0.3 is 0 Å². The van der Waals surface area contributed by atoms with Crippen LogP contribution in [0.4, 0.5) is 0 Å². The fourth-order valence-electron chi connectivity index (χ4n) is 3.03. The van der Waals surface area contributed by atoms with Gasteiger partial charge in [-0.2, -0.15) is 4.31 Å². The van der Waals surface area contributed by atoms with Crippen LogP contribution in [0.5, 0.6) is 0 Å². The van der Waals surface area contributed by atoms with E-state index >= 15 is 0 Å². The second-order valence-corrected chi connectivity index (χ2v) is 9.13. The van der Waals surface area contributed by atoms with E-state index in [9.17, 15) is 13.5 Å². The minimum Gasteiger partial charge on any atom is -0.390 e. The second-order valence-electron chi connectivity index (χ2n) is 7.24. The molecule has 1 aromatic carbocycles. The second kappa shape index (κ2) is 8.60. The maximum Gasteiger partial charge on any atom is 0.243 e. The van der Waals surface area contributed by atoms with Crippen molar-refractivity contribution in [3.05, 3.63) is 29.8 Å². The molecule has 1 atom stereocenters. The first-order chi connectivity index (χ1) is 11.7. The molecule has 0 radical (unpaired) electrons. The van der Waals surface area contributed by atoms with Crippen LogP contribution in [0.25, 0.3) is 0 Å². The molecule has 2 rings (SSSR count). The monoisotopic (exact) mass is 369 g/mol. The molecule has 6 nitrogen and oxygen atoms in total. The van der Waals surface area contributed by atoms with E-state index in [2.05, 4.69) is 16.8 Å². The molecule has 1 unspecified atom stereocenters. The summed E-state index contributed by atoms with van der Waals surface area (Å²) in [5.74, 6) is 0. The predicted octanol–water partition coefficient (Wildman–Crippen LogP) is 1.00. The van der Waals surface area contributed by atoms with Gasteiger partial charge in [0, 0.05) is 45.3 Å². The van der Waals surface area contributed by atoms with Crippen LogP contribution in [-0.4, -0.2) is 86.1 Å². The number of benzene rings is 1. The molecule has 1 aromatic rings. The molecular weight excluding hydrogens is 338 g/mol. The SMILES string of the molecule is Cc1ccc(S(=O)(=O)N(CC(O)CN2CCN(C)CC2)C(C)C)cc1. The number of sulfonamides is 1. The van der Waals surface area contributed by atoms with Crippen molar-refractivity contribution >= 4 is 10.0 Å². The summed E-state index contributed by atoms with van der Waals surface area (Å²) in [7, 11) is -1.53. The number of β-amino-alcohol motifs (C(OH)–C–C–N with tert-alkyl or cyclic N) is 1. The Morgan fingerprint density at radius 3 is 2.20 bits per heavy atom. The van der Waals surface area contributed by atoms with E-state index in [0.29, 0.717) is 6.54 Å². The van der Waals surface area contributed by atoms with Gasteiger partial charge in [-0.15, -0.1) is 0 Å². The molecule has 1 N–H and O–H groups in total. The van der Waals surface area contributed by atoms with Gasteiger partial charge in [-0.3, -0.25) is 4.90 Å². The molecule has 0 saturated carbocycles. The maximum absolute atomic E-state index is 13.0. The van der Waals surface area contributed by atoms with Crippen molar-refractivity contribution in [2.45, 2.75) is 37.8 Å². The number of nitrogens with zero attached hydrogens (tertiary/aromatic N) is 3. The first kappa shape index (κ1) is 20.3. The van der Waals surface area contributed by atoms with Crippen molar-refractivity contribution < 1.29 is 13.5 Å². The number of likely N-dealkylation sites (N-methyl/N-ethyl adjacent to an activating group) is 1. The summed E-state index contributed by atoms with van der Waals surface area (Å²) in [6.07, 6.45) is -0.703. The highest BCUT2D eigenvalue weighted by molar-refractivity contribution is 7.89. The summed E-state index contributed by atoms with van der Waals surface area (Å²) in [5.41, 5.74) is 1.02. The number of aliphatic hydroxyl groups is 1. The molecule has 0 bridgehead atoms. The fraction of sp³-hybridized carbons (Fsp3) is 0.667. The summed E-state index contributed by atoms with van der Waals surface area (Å²) in [4.78, 5) is 4.73. The fourth-order valence-corrected chi connectivity index (χ4v) is 4.70. The molecular formula is C18H31N3O3S. The molecule has 0 amide bonds. The zero-order valence-corrected chi connectivity index (χ0v) is 16.5. The van der Waals surface area contributed by atoms with Crippen LogP contribution in [0.15, 0.2) is 29.2 Å². The van der Waals surface area contributed by atoms with Crippen molar-refractivity contribution in [3.8, 4) is 0 Å². The van der Waals surface area contributed by atoms with E-state index in [1.165, 1.54) is 4.31 Å². The Labute approximate surface area is 152 Å². The Morgan fingerprint density at radius 2 is 1.68 bits per heavy atom. The van der Waals surface area contributed by atoms with Gasteiger partial charge in [-0.1, -0.05) is 17.7 Å². The van der Waals surface area contributed by atoms with E-state index in [1.807, 2.05) is 20.8 Å². The van der Waals surface area contributed by atoms with Crippen LogP contribution >= 0.6 is 0 Å². The van der Waals surface area contributed by atoms with Crippen molar-refractivity contribution in [1.29, 1.82) is 0 Å². The largest absolute Gasteiger partial charge is 0.390 e. The lowest BCUT2D eigenvalue weighted by molar-refractivity contribution is 0.0660. The van der Waals surface area contributed by atoms with E-state index in [4.69, 9.17) is 0 Å². The van der Waals surface area contributed by atoms with Crippen molar-refractivity contribution in [2.75, 3.05) is 46.3 Å². The van der Waals surface area contributed by atoms with Crippen LogP contribution in [-0.2, 0) is 10.0 Å². The van der Waals surface area contributed by atoms with Gasteiger partial charge in [0.05, 0.1) is 11.0 Å². The molecule has 1 heterocycles. The number of aliphatic hydroxyl groups excluding tert-OH is 1. The number of rotatable bonds is 7. The van der Waals surface area contributed by atoms with Crippen molar-refractivity contribution in [1.82, 2.24) is 14.1 Å². The summed E-state index contributed by atoms with van der Waals surface area (Å²) in [5, 5.41) is 10.5. The molecule has 1 aliphatic heterocycles. The molecule has 0 spiro atoms. The molecule has 1 saturated heterocycles. The van der Waals surface area contributed by atoms with Gasteiger partial charge in [-0.25, -0.2) is 8.42 Å². The minimum absolute atomic E-state index is 0.111. The quantitative estimate of drug-likeness (QED) is 0.777. The topological polar surface area (TPSA) is 64.1 Å². The van der Waals surface area contributed by atoms with Crippen molar-refractivity contribution in [2.24, 2.45) is 0 Å². The minimum atomic E-state index is -3.62. The summed E-state index contributed by atoms with van der Waals surface area (Å²) < 4.78 is 27.3. The van der Waals surface area contributed by atoms with Crippen molar-refractivity contribution in [3.63, 3.8) is 0 Å². The van der Waals surface area contributed by atoms with Crippen LogP contribution in [0.2, 0.25) is 0 Å². The average Bonchev–Trinajstić information content (AvgIpc) is 2.55. The van der Waals surface area contributed by atoms with Gasteiger partial charge in [0.15, 0.2) is 0 Å². The van der Waals surface area contributed by atoms with E-state index in [1.54, 1.807) is 24.3 Å². The highest BCUT2D eigenvalue weighted by Gasteiger charge is 2.29. The van der Waals surface area contributed by atoms with Gasteiger partial charge < -0.3 is 10.0 Å². The first-order valence-corrected chi connectivity index (χ1v) is 10.3. The van der Waals surface area contributed by atoms with Crippen LogP contribution in [0, 0.1) is 6.92 Å². The highest BCUT2D eigenvalue weighted by atomic mass is 32.2. The molecule has 7 heteroatoms. The van der Waals surface area contributed by atoms with Crippen LogP contribution in [0.1, 0.15) is 19.4 Å². The standard InChI is InChI=1S/C18H31N3O3S/c1-15(2)21(25(23,24)18-7-5-16(3)6-8-18)14-17(22)13-20-11-9-19(4)10-12-20/h5-8,15,17,22H,9-14H2,1-4H3. The average molecular weight is 370 g/mol. The Kier molecular flexibility index (Phi) is 6.99. The lowest BCUT2D eigenvalue weighted by Crippen LogP contribution is -2.50. The Bertz CT molecular complexity index is 638. The lowest BCUT2D eigenvalue weighted by Gasteiger charge is -2.35. The highest BCUT2D eigenvalue weighted by Crippen LogP contribution is 2.19. The van der Waals surface area contributed by atoms with Gasteiger partial charge in [0.25, 0.3) is 0 Å². The van der Waals surface area contributed by atoms with Gasteiger partial charge in [-0.05, 0) is 40.0 Å². The lowest BCUT2D eigenvalue weighted by atomic mass is 10.2. The molecule has 1 aliphatic rings. The predicted molar refractivity (Wildman–Crippen MR) is 100 cm³/mol. The van der Waals surface area contributed by atoms with Crippen LogP contribution < -0.4 is 0 Å². The molecule has 142 valence electrons. The number of aryl methyl sites for hydroxylation is 1. The smallest absolute Gasteiger partial charge is 0.243 e. The number of piperazine rings is 1. The third-order valence-electron chi connectivity index (χ3n) is 4.66. The summed E-state index contributed by atoms with van der Waals surface area (Å²) in [6.45, 7) is 9.98. The zero-order valence-electron chi connectivity index (χ0n) is 15.7. The Balaban J connectivity index is 2.05. The van der Waals surface area contributed by atoms with Crippen LogP contribution in [0.3, 0.4) is 0 Å². The first-order valence-electron chi connectivity index (χ1n) is 8.87. The normalized spacial score (nSPS) is 18.8. The Hall–Kier alpha value is -0.990. The molecule has 25 heavy (non-hydrogen) atoms. The van der Waals surface area contributed by atoms with E-state index in [-0.39, 0.29) is 17.5 Å².